The fraction of sp³-hybridized carbons (Fsp3) is 0.680. The van der Waals surface area contributed by atoms with Crippen LogP contribution in [0.4, 0.5) is 0 Å². The van der Waals surface area contributed by atoms with Crippen LogP contribution in [0.5, 0.6) is 0 Å². The fourth-order valence-electron chi connectivity index (χ4n) is 3.48. The van der Waals surface area contributed by atoms with Crippen LogP contribution in [-0.2, 0) is 26.2 Å². The van der Waals surface area contributed by atoms with Crippen LogP contribution in [-0.4, -0.2) is 5.11 Å². The Balaban J connectivity index is 0.000000496. The van der Waals surface area contributed by atoms with Crippen LogP contribution in [0, 0.1) is 6.08 Å². The minimum absolute atomic E-state index is 0. The molecule has 1 nitrogen and oxygen atoms in total. The van der Waals surface area contributed by atoms with E-state index < -0.39 is 6.10 Å². The molecule has 0 heterocycles. The van der Waals surface area contributed by atoms with Gasteiger partial charge in [-0.1, -0.05) is 128 Å². The maximum Gasteiger partial charge on any atom is 3.00 e. The molecule has 27 heavy (non-hydrogen) atoms. The molecule has 2 saturated carbocycles. The molecule has 1 aromatic carbocycles. The van der Waals surface area contributed by atoms with E-state index in [2.05, 4.69) is 19.9 Å². The topological polar surface area (TPSA) is 20.2 Å². The predicted molar refractivity (Wildman–Crippen MR) is 114 cm³/mol. The first-order valence-corrected chi connectivity index (χ1v) is 11.1. The van der Waals surface area contributed by atoms with Crippen molar-refractivity contribution < 1.29 is 31.3 Å². The van der Waals surface area contributed by atoms with Gasteiger partial charge in [0.2, 0.25) is 0 Å². The molecule has 0 aromatic heterocycles. The Bertz CT molecular complexity index is 421. The van der Waals surface area contributed by atoms with Gasteiger partial charge in [-0.3, -0.25) is 0 Å². The van der Waals surface area contributed by atoms with Crippen molar-refractivity contribution in [2.75, 3.05) is 0 Å². The van der Waals surface area contributed by atoms with Gasteiger partial charge in [-0.2, -0.15) is 6.42 Å². The van der Waals surface area contributed by atoms with Gasteiger partial charge in [0.15, 0.2) is 0 Å². The summed E-state index contributed by atoms with van der Waals surface area (Å²) in [4.78, 5) is 0. The fourth-order valence-corrected chi connectivity index (χ4v) is 3.48. The standard InChI is InChI=1S/C15H21O.2C5H10.Zr/c1-3-5-10-13(9-4-2)15(16)14-11-7-6-8-12-14;2*1-2-4-5-3-1;/h6-8,11-12,15-16H,3-5,9H2,1-2H3;2*1-5H2;/q-1;;;+3. The number of rotatable bonds is 6. The zero-order chi connectivity index (χ0) is 18.9. The van der Waals surface area contributed by atoms with Crippen LogP contribution in [0.2, 0.25) is 0 Å². The van der Waals surface area contributed by atoms with Gasteiger partial charge in [0, 0.05) is 0 Å². The Morgan fingerprint density at radius 2 is 1.26 bits per heavy atom. The van der Waals surface area contributed by atoms with Gasteiger partial charge >= 0.3 is 26.2 Å². The Morgan fingerprint density at radius 1 is 0.815 bits per heavy atom. The molecule has 1 atom stereocenters. The molecule has 149 valence electrons. The van der Waals surface area contributed by atoms with Gasteiger partial charge in [0.05, 0.1) is 6.10 Å². The van der Waals surface area contributed by atoms with E-state index in [9.17, 15) is 5.11 Å². The van der Waals surface area contributed by atoms with Crippen molar-refractivity contribution in [3.63, 3.8) is 0 Å². The second kappa shape index (κ2) is 19.1. The van der Waals surface area contributed by atoms with Crippen molar-refractivity contribution in [2.45, 2.75) is 110 Å². The summed E-state index contributed by atoms with van der Waals surface area (Å²) in [5, 5.41) is 10.2. The molecule has 1 unspecified atom stereocenters. The normalized spacial score (nSPS) is 17.1. The van der Waals surface area contributed by atoms with E-state index in [0.29, 0.717) is 0 Å². The van der Waals surface area contributed by atoms with Crippen molar-refractivity contribution in [2.24, 2.45) is 0 Å². The van der Waals surface area contributed by atoms with E-state index >= 15 is 0 Å². The summed E-state index contributed by atoms with van der Waals surface area (Å²) >= 11 is 0. The average molecular weight is 449 g/mol. The van der Waals surface area contributed by atoms with Crippen molar-refractivity contribution in [3.8, 4) is 0 Å². The Kier molecular flexibility index (Phi) is 19.0. The number of allylic oxidation sites excluding steroid dienone is 1. The summed E-state index contributed by atoms with van der Waals surface area (Å²) < 4.78 is 0. The summed E-state index contributed by atoms with van der Waals surface area (Å²) in [6, 6.07) is 9.82. The molecule has 1 N–H and O–H groups in total. The number of unbranched alkanes of at least 4 members (excludes halogenated alkanes) is 1. The van der Waals surface area contributed by atoms with Gasteiger partial charge in [-0.05, 0) is 5.56 Å². The van der Waals surface area contributed by atoms with Gasteiger partial charge in [0.1, 0.15) is 0 Å². The molecule has 1 radical (unpaired) electrons. The summed E-state index contributed by atoms with van der Waals surface area (Å²) in [5.41, 5.74) is 2.00. The van der Waals surface area contributed by atoms with E-state index in [1.807, 2.05) is 30.3 Å². The summed E-state index contributed by atoms with van der Waals surface area (Å²) in [6.07, 6.45) is 21.8. The van der Waals surface area contributed by atoms with Crippen LogP contribution in [0.15, 0.2) is 35.9 Å². The van der Waals surface area contributed by atoms with Gasteiger partial charge < -0.3 is 11.2 Å². The molecule has 0 saturated heterocycles. The molecule has 0 bridgehead atoms. The number of aliphatic hydroxyl groups is 1. The SMILES string of the molecule is C1CCCC1.C1CCCC1.CCC[C-]=C(CCC)C(O)c1ccccc1.[Zr+3]. The van der Waals surface area contributed by atoms with Gasteiger partial charge in [-0.25, -0.2) is 5.57 Å². The van der Waals surface area contributed by atoms with E-state index in [4.69, 9.17) is 0 Å². The first kappa shape index (κ1) is 26.8. The maximum atomic E-state index is 10.2. The molecule has 0 amide bonds. The molecule has 2 aliphatic rings. The second-order valence-corrected chi connectivity index (χ2v) is 7.55. The van der Waals surface area contributed by atoms with Crippen LogP contribution in [0.1, 0.15) is 115 Å². The Hall–Kier alpha value is -0.197. The molecule has 0 aliphatic heterocycles. The minimum atomic E-state index is -0.479. The van der Waals surface area contributed by atoms with Crippen LogP contribution in [0.25, 0.3) is 0 Å². The quantitative estimate of drug-likeness (QED) is 0.438. The molecule has 3 rings (SSSR count). The number of hydrogen-bond acceptors (Lipinski definition) is 1. The second-order valence-electron chi connectivity index (χ2n) is 7.55. The van der Waals surface area contributed by atoms with Crippen LogP contribution in [0.3, 0.4) is 0 Å². The average Bonchev–Trinajstić information content (AvgIpc) is 3.44. The van der Waals surface area contributed by atoms with E-state index in [1.54, 1.807) is 0 Å². The zero-order valence-corrected chi connectivity index (χ0v) is 20.3. The molecular weight excluding hydrogens is 407 g/mol. The van der Waals surface area contributed by atoms with Crippen molar-refractivity contribution in [1.82, 2.24) is 0 Å². The maximum absolute atomic E-state index is 10.2. The van der Waals surface area contributed by atoms with Gasteiger partial charge in [0.25, 0.3) is 0 Å². The van der Waals surface area contributed by atoms with E-state index in [-0.39, 0.29) is 26.2 Å². The van der Waals surface area contributed by atoms with Crippen molar-refractivity contribution in [1.29, 1.82) is 0 Å². The largest absolute Gasteiger partial charge is 3.00 e. The molecule has 1 aromatic rings. The van der Waals surface area contributed by atoms with Crippen molar-refractivity contribution in [3.05, 3.63) is 47.5 Å². The summed E-state index contributed by atoms with van der Waals surface area (Å²) in [6.45, 7) is 4.26. The van der Waals surface area contributed by atoms with Gasteiger partial charge in [-0.15, -0.1) is 0 Å². The smallest absolute Gasteiger partial charge is 0.494 e. The third-order valence-corrected chi connectivity index (χ3v) is 5.07. The van der Waals surface area contributed by atoms with E-state index in [1.165, 1.54) is 64.2 Å². The molecule has 2 fully saturated rings. The van der Waals surface area contributed by atoms with Crippen molar-refractivity contribution >= 4 is 0 Å². The monoisotopic (exact) mass is 447 g/mol. The predicted octanol–water partition coefficient (Wildman–Crippen LogP) is 7.95. The summed E-state index contributed by atoms with van der Waals surface area (Å²) in [7, 11) is 0. The molecule has 2 aliphatic carbocycles. The summed E-state index contributed by atoms with van der Waals surface area (Å²) in [5.74, 6) is 0. The Labute approximate surface area is 188 Å². The zero-order valence-electron chi connectivity index (χ0n) is 17.8. The first-order chi connectivity index (χ1) is 12.8. The molecular formula is C25H41OZr+2. The number of hydrogen-bond donors (Lipinski definition) is 1. The minimum Gasteiger partial charge on any atom is -0.494 e. The first-order valence-electron chi connectivity index (χ1n) is 11.1. The van der Waals surface area contributed by atoms with Crippen LogP contribution >= 0.6 is 0 Å². The van der Waals surface area contributed by atoms with Crippen LogP contribution < -0.4 is 0 Å². The molecule has 0 spiro atoms. The third kappa shape index (κ3) is 13.6. The third-order valence-electron chi connectivity index (χ3n) is 5.07. The number of benzene rings is 1. The Morgan fingerprint density at radius 3 is 1.63 bits per heavy atom. The number of aliphatic hydroxyl groups excluding tert-OH is 1. The molecule has 2 heteroatoms. The van der Waals surface area contributed by atoms with E-state index in [0.717, 1.165) is 36.8 Å².